The highest BCUT2D eigenvalue weighted by atomic mass is 16.4. The van der Waals surface area contributed by atoms with Crippen molar-refractivity contribution in [2.45, 2.75) is 19.4 Å². The third kappa shape index (κ3) is 5.83. The van der Waals surface area contributed by atoms with Gasteiger partial charge in [-0.3, -0.25) is 9.59 Å². The molecule has 0 fully saturated rings. The van der Waals surface area contributed by atoms with E-state index in [4.69, 9.17) is 0 Å². The van der Waals surface area contributed by atoms with Crippen molar-refractivity contribution in [1.82, 2.24) is 15.6 Å². The molecule has 1 atom stereocenters. The maximum absolute atomic E-state index is 13.2. The molecule has 7 heteroatoms. The van der Waals surface area contributed by atoms with Crippen LogP contribution in [0, 0.1) is 6.92 Å². The van der Waals surface area contributed by atoms with Gasteiger partial charge in [0.05, 0.1) is 12.0 Å². The number of aromatic nitrogens is 1. The van der Waals surface area contributed by atoms with E-state index in [2.05, 4.69) is 15.6 Å². The molecular weight excluding hydrogens is 442 g/mol. The largest absolute Gasteiger partial charge is 0.548 e. The summed E-state index contributed by atoms with van der Waals surface area (Å²) in [7, 11) is 0. The summed E-state index contributed by atoms with van der Waals surface area (Å²) < 4.78 is 0. The van der Waals surface area contributed by atoms with Crippen molar-refractivity contribution in [2.75, 3.05) is 0 Å². The van der Waals surface area contributed by atoms with Crippen LogP contribution in [0.5, 0.6) is 0 Å². The highest BCUT2D eigenvalue weighted by Crippen LogP contribution is 2.19. The topological polar surface area (TPSA) is 114 Å². The van der Waals surface area contributed by atoms with Crippen LogP contribution in [-0.4, -0.2) is 28.8 Å². The number of carbonyl (C=O) groups is 3. The van der Waals surface area contributed by atoms with E-state index < -0.39 is 23.8 Å². The first-order chi connectivity index (χ1) is 16.9. The SMILES string of the molecule is Cc1ccc(/C=C(\NC(=O)c2ccccc2)C(=O)N[C@@H](Cc2c[nH]c3ccccc23)C(=O)[O-])cc1. The number of carbonyl (C=O) groups excluding carboxylic acids is 3. The lowest BCUT2D eigenvalue weighted by atomic mass is 10.0. The van der Waals surface area contributed by atoms with Crippen LogP contribution in [0.15, 0.2) is 90.8 Å². The highest BCUT2D eigenvalue weighted by molar-refractivity contribution is 6.06. The lowest BCUT2D eigenvalue weighted by molar-refractivity contribution is -0.308. The van der Waals surface area contributed by atoms with Crippen LogP contribution >= 0.6 is 0 Å². The summed E-state index contributed by atoms with van der Waals surface area (Å²) in [5.74, 6) is -2.64. The Hall–Kier alpha value is -4.65. The number of nitrogens with one attached hydrogen (secondary N) is 3. The van der Waals surface area contributed by atoms with Crippen LogP contribution in [0.2, 0.25) is 0 Å². The van der Waals surface area contributed by atoms with Gasteiger partial charge in [-0.25, -0.2) is 0 Å². The van der Waals surface area contributed by atoms with Gasteiger partial charge in [-0.1, -0.05) is 66.2 Å². The molecule has 4 aromatic rings. The van der Waals surface area contributed by atoms with Crippen LogP contribution < -0.4 is 15.7 Å². The third-order valence-electron chi connectivity index (χ3n) is 5.61. The monoisotopic (exact) mass is 466 g/mol. The number of aryl methyl sites for hydroxylation is 1. The Morgan fingerprint density at radius 1 is 0.943 bits per heavy atom. The van der Waals surface area contributed by atoms with Crippen molar-refractivity contribution >= 4 is 34.8 Å². The first-order valence-electron chi connectivity index (χ1n) is 11.1. The minimum atomic E-state index is -1.42. The Morgan fingerprint density at radius 3 is 2.34 bits per heavy atom. The number of aromatic amines is 1. The van der Waals surface area contributed by atoms with Gasteiger partial charge in [0.25, 0.3) is 11.8 Å². The Balaban J connectivity index is 1.59. The molecule has 1 heterocycles. The van der Waals surface area contributed by atoms with Crippen LogP contribution in [0.25, 0.3) is 17.0 Å². The van der Waals surface area contributed by atoms with Crippen LogP contribution in [0.1, 0.15) is 27.0 Å². The Bertz CT molecular complexity index is 1390. The second-order valence-electron chi connectivity index (χ2n) is 8.20. The normalized spacial score (nSPS) is 12.2. The first kappa shape index (κ1) is 23.5. The van der Waals surface area contributed by atoms with E-state index in [1.165, 1.54) is 6.08 Å². The molecule has 0 radical (unpaired) electrons. The van der Waals surface area contributed by atoms with Gasteiger partial charge >= 0.3 is 0 Å². The van der Waals surface area contributed by atoms with Crippen LogP contribution in [-0.2, 0) is 16.0 Å². The zero-order chi connectivity index (χ0) is 24.8. The second-order valence-corrected chi connectivity index (χ2v) is 8.20. The Kier molecular flexibility index (Phi) is 7.07. The zero-order valence-electron chi connectivity index (χ0n) is 19.1. The summed E-state index contributed by atoms with van der Waals surface area (Å²) in [5.41, 5.74) is 3.60. The van der Waals surface area contributed by atoms with Gasteiger partial charge in [0.2, 0.25) is 0 Å². The van der Waals surface area contributed by atoms with E-state index in [0.717, 1.165) is 22.0 Å². The molecule has 35 heavy (non-hydrogen) atoms. The molecule has 0 saturated carbocycles. The van der Waals surface area contributed by atoms with Crippen molar-refractivity contribution in [1.29, 1.82) is 0 Å². The number of hydrogen-bond donors (Lipinski definition) is 3. The summed E-state index contributed by atoms with van der Waals surface area (Å²) in [4.78, 5) is 41.0. The number of hydrogen-bond acceptors (Lipinski definition) is 4. The number of para-hydroxylation sites is 1. The summed E-state index contributed by atoms with van der Waals surface area (Å²) in [6, 6.07) is 22.0. The van der Waals surface area contributed by atoms with Gasteiger partial charge in [-0.05, 0) is 42.3 Å². The quantitative estimate of drug-likeness (QED) is 0.347. The molecule has 0 spiro atoms. The van der Waals surface area contributed by atoms with Crippen LogP contribution in [0.3, 0.4) is 0 Å². The molecule has 3 N–H and O–H groups in total. The molecule has 0 aliphatic heterocycles. The lowest BCUT2D eigenvalue weighted by Crippen LogP contribution is -2.50. The van der Waals surface area contributed by atoms with E-state index in [9.17, 15) is 19.5 Å². The van der Waals surface area contributed by atoms with Crippen molar-refractivity contribution in [3.05, 3.63) is 113 Å². The minimum Gasteiger partial charge on any atom is -0.548 e. The van der Waals surface area contributed by atoms with Gasteiger partial charge in [-0.2, -0.15) is 0 Å². The molecule has 0 aliphatic carbocycles. The molecule has 2 amide bonds. The number of fused-ring (bicyclic) bond motifs is 1. The Labute approximate surface area is 202 Å². The molecule has 0 unspecified atom stereocenters. The first-order valence-corrected chi connectivity index (χ1v) is 11.1. The van der Waals surface area contributed by atoms with Crippen molar-refractivity contribution in [2.24, 2.45) is 0 Å². The molecule has 0 aliphatic rings. The molecule has 7 nitrogen and oxygen atoms in total. The highest BCUT2D eigenvalue weighted by Gasteiger charge is 2.21. The summed E-state index contributed by atoms with van der Waals surface area (Å²) in [6.45, 7) is 1.94. The third-order valence-corrected chi connectivity index (χ3v) is 5.61. The number of H-pyrrole nitrogens is 1. The summed E-state index contributed by atoms with van der Waals surface area (Å²) in [6.07, 6.45) is 3.24. The van der Waals surface area contributed by atoms with Gasteiger partial charge in [0.15, 0.2) is 0 Å². The van der Waals surface area contributed by atoms with Gasteiger partial charge in [0, 0.05) is 29.1 Å². The fraction of sp³-hybridized carbons (Fsp3) is 0.107. The van der Waals surface area contributed by atoms with Gasteiger partial charge in [-0.15, -0.1) is 0 Å². The molecule has 0 saturated heterocycles. The smallest absolute Gasteiger partial charge is 0.268 e. The number of amides is 2. The molecule has 0 bridgehead atoms. The van der Waals surface area contributed by atoms with Crippen LogP contribution in [0.4, 0.5) is 0 Å². The van der Waals surface area contributed by atoms with Gasteiger partial charge in [0.1, 0.15) is 5.70 Å². The minimum absolute atomic E-state index is 0.0164. The fourth-order valence-electron chi connectivity index (χ4n) is 3.72. The van der Waals surface area contributed by atoms with E-state index in [1.807, 2.05) is 43.3 Å². The molecule has 1 aromatic heterocycles. The number of aliphatic carboxylic acids is 1. The molecule has 176 valence electrons. The van der Waals surface area contributed by atoms with Crippen molar-refractivity contribution in [3.8, 4) is 0 Å². The number of rotatable bonds is 8. The maximum Gasteiger partial charge on any atom is 0.268 e. The fourth-order valence-corrected chi connectivity index (χ4v) is 3.72. The summed E-state index contributed by atoms with van der Waals surface area (Å²) in [5, 5.41) is 17.9. The standard InChI is InChI=1S/C28H25N3O4/c1-18-11-13-19(14-12-18)15-24(30-26(32)20-7-3-2-4-8-20)27(33)31-25(28(34)35)16-21-17-29-23-10-6-5-9-22(21)23/h2-15,17,25,29H,16H2,1H3,(H,30,32)(H,31,33)(H,34,35)/p-1/b24-15-/t25-/m0/s1. The summed E-state index contributed by atoms with van der Waals surface area (Å²) >= 11 is 0. The average Bonchev–Trinajstić information content (AvgIpc) is 3.27. The predicted molar refractivity (Wildman–Crippen MR) is 132 cm³/mol. The van der Waals surface area contributed by atoms with E-state index in [-0.39, 0.29) is 12.1 Å². The number of benzene rings is 3. The second kappa shape index (κ2) is 10.5. The number of carboxylic acid groups (broad SMARTS) is 1. The lowest BCUT2D eigenvalue weighted by Gasteiger charge is -2.21. The maximum atomic E-state index is 13.2. The average molecular weight is 467 g/mol. The molecule has 3 aromatic carbocycles. The van der Waals surface area contributed by atoms with Crippen molar-refractivity contribution < 1.29 is 19.5 Å². The zero-order valence-corrected chi connectivity index (χ0v) is 19.1. The molecule has 4 rings (SSSR count). The number of carboxylic acids is 1. The predicted octanol–water partition coefficient (Wildman–Crippen LogP) is 2.72. The van der Waals surface area contributed by atoms with E-state index in [1.54, 1.807) is 48.7 Å². The van der Waals surface area contributed by atoms with Crippen molar-refractivity contribution in [3.63, 3.8) is 0 Å². The van der Waals surface area contributed by atoms with Gasteiger partial charge < -0.3 is 25.5 Å². The van der Waals surface area contributed by atoms with E-state index >= 15 is 0 Å². The molecular formula is C28H24N3O4-. The Morgan fingerprint density at radius 2 is 1.63 bits per heavy atom. The van der Waals surface area contributed by atoms with E-state index in [0.29, 0.717) is 11.1 Å².